The molecule has 26 heavy (non-hydrogen) atoms. The van der Waals surface area contributed by atoms with Crippen LogP contribution in [0.3, 0.4) is 0 Å². The molecular weight excluding hydrogens is 331 g/mol. The SMILES string of the molecule is Cc1ccccc1CN1CC(C(=O)NCCc2ccccc2F)CC1=O. The highest BCUT2D eigenvalue weighted by atomic mass is 19.1. The topological polar surface area (TPSA) is 49.4 Å². The number of rotatable bonds is 6. The highest BCUT2D eigenvalue weighted by Crippen LogP contribution is 2.21. The molecule has 1 N–H and O–H groups in total. The summed E-state index contributed by atoms with van der Waals surface area (Å²) in [6, 6.07) is 14.5. The van der Waals surface area contributed by atoms with Crippen LogP contribution in [0, 0.1) is 18.7 Å². The predicted octanol–water partition coefficient (Wildman–Crippen LogP) is 2.84. The second-order valence-electron chi connectivity index (χ2n) is 6.73. The van der Waals surface area contributed by atoms with Crippen molar-refractivity contribution < 1.29 is 14.0 Å². The lowest BCUT2D eigenvalue weighted by atomic mass is 10.1. The van der Waals surface area contributed by atoms with Gasteiger partial charge in [0.2, 0.25) is 11.8 Å². The first-order valence-corrected chi connectivity index (χ1v) is 8.88. The van der Waals surface area contributed by atoms with Crippen molar-refractivity contribution in [1.82, 2.24) is 10.2 Å². The van der Waals surface area contributed by atoms with E-state index < -0.39 is 0 Å². The van der Waals surface area contributed by atoms with Gasteiger partial charge in [0.1, 0.15) is 5.82 Å². The number of carbonyl (C=O) groups is 2. The van der Waals surface area contributed by atoms with E-state index in [4.69, 9.17) is 0 Å². The van der Waals surface area contributed by atoms with Crippen LogP contribution < -0.4 is 5.32 Å². The van der Waals surface area contributed by atoms with Crippen molar-refractivity contribution in [2.45, 2.75) is 26.3 Å². The molecule has 5 heteroatoms. The van der Waals surface area contributed by atoms with E-state index in [-0.39, 0.29) is 30.0 Å². The monoisotopic (exact) mass is 354 g/mol. The minimum atomic E-state index is -0.341. The maximum atomic E-state index is 13.6. The van der Waals surface area contributed by atoms with Crippen LogP contribution in [0.15, 0.2) is 48.5 Å². The van der Waals surface area contributed by atoms with Gasteiger partial charge in [-0.25, -0.2) is 4.39 Å². The van der Waals surface area contributed by atoms with E-state index in [1.807, 2.05) is 31.2 Å². The lowest BCUT2D eigenvalue weighted by molar-refractivity contribution is -0.129. The smallest absolute Gasteiger partial charge is 0.225 e. The Morgan fingerprint density at radius 1 is 1.15 bits per heavy atom. The Morgan fingerprint density at radius 3 is 2.58 bits per heavy atom. The molecule has 0 saturated carbocycles. The van der Waals surface area contributed by atoms with Gasteiger partial charge in [0.25, 0.3) is 0 Å². The van der Waals surface area contributed by atoms with Crippen molar-refractivity contribution in [3.05, 3.63) is 71.0 Å². The van der Waals surface area contributed by atoms with Crippen LogP contribution in [0.4, 0.5) is 4.39 Å². The van der Waals surface area contributed by atoms with Crippen LogP contribution in [-0.4, -0.2) is 29.8 Å². The number of nitrogens with one attached hydrogen (secondary N) is 1. The van der Waals surface area contributed by atoms with Crippen LogP contribution in [-0.2, 0) is 22.6 Å². The number of halogens is 1. The Balaban J connectivity index is 1.51. The van der Waals surface area contributed by atoms with Crippen LogP contribution in [0.2, 0.25) is 0 Å². The summed E-state index contributed by atoms with van der Waals surface area (Å²) >= 11 is 0. The first kappa shape index (κ1) is 18.1. The van der Waals surface area contributed by atoms with Crippen molar-refractivity contribution in [2.75, 3.05) is 13.1 Å². The Bertz CT molecular complexity index is 806. The molecular formula is C21H23FN2O2. The first-order valence-electron chi connectivity index (χ1n) is 8.88. The summed E-state index contributed by atoms with van der Waals surface area (Å²) in [5.74, 6) is -0.737. The quantitative estimate of drug-likeness (QED) is 0.867. The third-order valence-electron chi connectivity index (χ3n) is 4.86. The fourth-order valence-corrected chi connectivity index (χ4v) is 3.26. The summed E-state index contributed by atoms with van der Waals surface area (Å²) in [5, 5.41) is 2.83. The number of aryl methyl sites for hydroxylation is 1. The van der Waals surface area contributed by atoms with E-state index in [1.165, 1.54) is 6.07 Å². The molecule has 1 heterocycles. The zero-order valence-corrected chi connectivity index (χ0v) is 14.9. The van der Waals surface area contributed by atoms with Gasteiger partial charge in [-0.2, -0.15) is 0 Å². The van der Waals surface area contributed by atoms with Crippen molar-refractivity contribution in [3.8, 4) is 0 Å². The van der Waals surface area contributed by atoms with Crippen molar-refractivity contribution >= 4 is 11.8 Å². The fourth-order valence-electron chi connectivity index (χ4n) is 3.26. The summed E-state index contributed by atoms with van der Waals surface area (Å²) in [7, 11) is 0. The van der Waals surface area contributed by atoms with Gasteiger partial charge in [0.15, 0.2) is 0 Å². The van der Waals surface area contributed by atoms with E-state index in [9.17, 15) is 14.0 Å². The number of nitrogens with zero attached hydrogens (tertiary/aromatic N) is 1. The molecule has 1 aliphatic heterocycles. The van der Waals surface area contributed by atoms with Crippen molar-refractivity contribution in [1.29, 1.82) is 0 Å². The zero-order valence-electron chi connectivity index (χ0n) is 14.9. The molecule has 1 atom stereocenters. The maximum Gasteiger partial charge on any atom is 0.225 e. The molecule has 0 bridgehead atoms. The van der Waals surface area contributed by atoms with E-state index in [0.29, 0.717) is 31.6 Å². The minimum absolute atomic E-state index is 0.00232. The fraction of sp³-hybridized carbons (Fsp3) is 0.333. The van der Waals surface area contributed by atoms with Gasteiger partial charge in [-0.3, -0.25) is 9.59 Å². The summed E-state index contributed by atoms with van der Waals surface area (Å²) in [6.45, 7) is 3.34. The third-order valence-corrected chi connectivity index (χ3v) is 4.86. The van der Waals surface area contributed by atoms with Gasteiger partial charge < -0.3 is 10.2 Å². The van der Waals surface area contributed by atoms with Gasteiger partial charge in [0, 0.05) is 26.1 Å². The molecule has 1 aliphatic rings. The summed E-state index contributed by atoms with van der Waals surface area (Å²) < 4.78 is 13.6. The zero-order chi connectivity index (χ0) is 18.5. The second-order valence-corrected chi connectivity index (χ2v) is 6.73. The molecule has 4 nitrogen and oxygen atoms in total. The number of likely N-dealkylation sites (tertiary alicyclic amines) is 1. The van der Waals surface area contributed by atoms with E-state index in [2.05, 4.69) is 5.32 Å². The molecule has 2 amide bonds. The molecule has 1 fully saturated rings. The molecule has 0 radical (unpaired) electrons. The molecule has 3 rings (SSSR count). The standard InChI is InChI=1S/C21H23FN2O2/c1-15-6-2-3-8-17(15)13-24-14-18(12-20(24)25)21(26)23-11-10-16-7-4-5-9-19(16)22/h2-9,18H,10-14H2,1H3,(H,23,26). The van der Waals surface area contributed by atoms with Crippen LogP contribution in [0.1, 0.15) is 23.1 Å². The minimum Gasteiger partial charge on any atom is -0.355 e. The van der Waals surface area contributed by atoms with Gasteiger partial charge >= 0.3 is 0 Å². The lowest BCUT2D eigenvalue weighted by Gasteiger charge is -2.18. The number of hydrogen-bond donors (Lipinski definition) is 1. The Kier molecular flexibility index (Phi) is 5.66. The summed E-state index contributed by atoms with van der Waals surface area (Å²) in [4.78, 5) is 26.3. The number of amides is 2. The van der Waals surface area contributed by atoms with Crippen molar-refractivity contribution in [2.24, 2.45) is 5.92 Å². The maximum absolute atomic E-state index is 13.6. The second kappa shape index (κ2) is 8.13. The normalized spacial score (nSPS) is 16.8. The Morgan fingerprint density at radius 2 is 1.85 bits per heavy atom. The number of benzene rings is 2. The molecule has 136 valence electrons. The molecule has 2 aromatic rings. The summed E-state index contributed by atoms with van der Waals surface area (Å²) in [6.07, 6.45) is 0.670. The van der Waals surface area contributed by atoms with Crippen molar-refractivity contribution in [3.63, 3.8) is 0 Å². The van der Waals surface area contributed by atoms with Gasteiger partial charge in [-0.1, -0.05) is 42.5 Å². The largest absolute Gasteiger partial charge is 0.355 e. The Labute approximate surface area is 153 Å². The molecule has 0 aliphatic carbocycles. The first-order chi connectivity index (χ1) is 12.5. The highest BCUT2D eigenvalue weighted by Gasteiger charge is 2.34. The molecule has 1 saturated heterocycles. The number of carbonyl (C=O) groups excluding carboxylic acids is 2. The van der Waals surface area contributed by atoms with Gasteiger partial charge in [-0.15, -0.1) is 0 Å². The van der Waals surface area contributed by atoms with Gasteiger partial charge in [0.05, 0.1) is 5.92 Å². The van der Waals surface area contributed by atoms with E-state index >= 15 is 0 Å². The predicted molar refractivity (Wildman–Crippen MR) is 97.8 cm³/mol. The molecule has 2 aromatic carbocycles. The van der Waals surface area contributed by atoms with E-state index in [0.717, 1.165) is 11.1 Å². The van der Waals surface area contributed by atoms with E-state index in [1.54, 1.807) is 23.1 Å². The lowest BCUT2D eigenvalue weighted by Crippen LogP contribution is -2.34. The third kappa shape index (κ3) is 4.28. The summed E-state index contributed by atoms with van der Waals surface area (Å²) in [5.41, 5.74) is 2.82. The molecule has 0 spiro atoms. The Hall–Kier alpha value is -2.69. The van der Waals surface area contributed by atoms with Gasteiger partial charge in [-0.05, 0) is 36.1 Å². The highest BCUT2D eigenvalue weighted by molar-refractivity contribution is 5.89. The van der Waals surface area contributed by atoms with Crippen LogP contribution in [0.5, 0.6) is 0 Å². The molecule has 0 aromatic heterocycles. The number of hydrogen-bond acceptors (Lipinski definition) is 2. The van der Waals surface area contributed by atoms with Crippen LogP contribution in [0.25, 0.3) is 0 Å². The molecule has 1 unspecified atom stereocenters. The average molecular weight is 354 g/mol. The van der Waals surface area contributed by atoms with Crippen LogP contribution >= 0.6 is 0 Å². The average Bonchev–Trinajstić information content (AvgIpc) is 2.99.